The second-order valence-electron chi connectivity index (χ2n) is 4.13. The summed E-state index contributed by atoms with van der Waals surface area (Å²) in [6.07, 6.45) is 2.24. The van der Waals surface area contributed by atoms with E-state index in [-0.39, 0.29) is 0 Å². The third kappa shape index (κ3) is 3.92. The van der Waals surface area contributed by atoms with E-state index in [1.807, 2.05) is 12.1 Å². The fourth-order valence-electron chi connectivity index (χ4n) is 1.57. The van der Waals surface area contributed by atoms with Crippen molar-refractivity contribution in [3.8, 4) is 5.75 Å². The molecule has 0 spiro atoms. The molecule has 15 heavy (non-hydrogen) atoms. The molecular formula is C13H21NO. The quantitative estimate of drug-likeness (QED) is 0.802. The van der Waals surface area contributed by atoms with Crippen molar-refractivity contribution < 1.29 is 5.11 Å². The molecule has 2 nitrogen and oxygen atoms in total. The summed E-state index contributed by atoms with van der Waals surface area (Å²) in [5.41, 5.74) is 1.30. The number of aryl methyl sites for hydroxylation is 1. The zero-order valence-corrected chi connectivity index (χ0v) is 9.90. The van der Waals surface area contributed by atoms with E-state index in [0.29, 0.717) is 11.8 Å². The standard InChI is InChI=1S/C13H21NO/c1-4-14(3)11(2)5-6-12-7-9-13(15)10-8-12/h7-11,15H,4-6H2,1-3H3. The predicted molar refractivity (Wildman–Crippen MR) is 64.2 cm³/mol. The van der Waals surface area contributed by atoms with E-state index < -0.39 is 0 Å². The van der Waals surface area contributed by atoms with Gasteiger partial charge in [-0.2, -0.15) is 0 Å². The second-order valence-corrected chi connectivity index (χ2v) is 4.13. The van der Waals surface area contributed by atoms with Crippen LogP contribution in [0, 0.1) is 0 Å². The number of hydrogen-bond acceptors (Lipinski definition) is 2. The molecule has 1 aromatic rings. The lowest BCUT2D eigenvalue weighted by Crippen LogP contribution is -2.29. The number of hydrogen-bond donors (Lipinski definition) is 1. The molecule has 0 saturated carbocycles. The van der Waals surface area contributed by atoms with Crippen LogP contribution >= 0.6 is 0 Å². The lowest BCUT2D eigenvalue weighted by molar-refractivity contribution is 0.259. The van der Waals surface area contributed by atoms with E-state index in [4.69, 9.17) is 5.11 Å². The molecule has 0 saturated heterocycles. The van der Waals surface area contributed by atoms with Gasteiger partial charge in [-0.15, -0.1) is 0 Å². The van der Waals surface area contributed by atoms with E-state index >= 15 is 0 Å². The lowest BCUT2D eigenvalue weighted by atomic mass is 10.1. The highest BCUT2D eigenvalue weighted by molar-refractivity contribution is 5.25. The maximum Gasteiger partial charge on any atom is 0.115 e. The van der Waals surface area contributed by atoms with Crippen molar-refractivity contribution in [2.24, 2.45) is 0 Å². The molecule has 0 aliphatic heterocycles. The normalized spacial score (nSPS) is 13.1. The molecule has 84 valence electrons. The Morgan fingerprint density at radius 1 is 1.27 bits per heavy atom. The van der Waals surface area contributed by atoms with Crippen molar-refractivity contribution in [2.45, 2.75) is 32.7 Å². The first-order valence-corrected chi connectivity index (χ1v) is 5.61. The Balaban J connectivity index is 2.40. The van der Waals surface area contributed by atoms with Gasteiger partial charge in [0.15, 0.2) is 0 Å². The molecule has 1 rings (SSSR count). The molecule has 0 aliphatic rings. The summed E-state index contributed by atoms with van der Waals surface area (Å²) < 4.78 is 0. The summed E-state index contributed by atoms with van der Waals surface area (Å²) >= 11 is 0. The fraction of sp³-hybridized carbons (Fsp3) is 0.538. The Labute approximate surface area is 92.5 Å². The number of benzene rings is 1. The Morgan fingerprint density at radius 3 is 2.40 bits per heavy atom. The van der Waals surface area contributed by atoms with Crippen LogP contribution in [-0.4, -0.2) is 29.6 Å². The zero-order valence-electron chi connectivity index (χ0n) is 9.90. The van der Waals surface area contributed by atoms with Crippen molar-refractivity contribution in [3.63, 3.8) is 0 Å². The minimum atomic E-state index is 0.345. The largest absolute Gasteiger partial charge is 0.508 e. The van der Waals surface area contributed by atoms with Crippen LogP contribution in [0.5, 0.6) is 5.75 Å². The molecule has 0 bridgehead atoms. The molecule has 1 unspecified atom stereocenters. The van der Waals surface area contributed by atoms with Gasteiger partial charge >= 0.3 is 0 Å². The zero-order chi connectivity index (χ0) is 11.3. The summed E-state index contributed by atoms with van der Waals surface area (Å²) in [6.45, 7) is 5.53. The number of nitrogens with zero attached hydrogens (tertiary/aromatic N) is 1. The van der Waals surface area contributed by atoms with Crippen LogP contribution in [0.2, 0.25) is 0 Å². The van der Waals surface area contributed by atoms with Gasteiger partial charge in [0.05, 0.1) is 0 Å². The Morgan fingerprint density at radius 2 is 1.87 bits per heavy atom. The van der Waals surface area contributed by atoms with Crippen LogP contribution in [0.25, 0.3) is 0 Å². The SMILES string of the molecule is CCN(C)C(C)CCc1ccc(O)cc1. The van der Waals surface area contributed by atoms with E-state index in [1.54, 1.807) is 12.1 Å². The summed E-state index contributed by atoms with van der Waals surface area (Å²) in [5, 5.41) is 9.15. The minimum Gasteiger partial charge on any atom is -0.508 e. The number of phenolic OH excluding ortho intramolecular Hbond substituents is 1. The number of phenols is 1. The molecule has 1 N–H and O–H groups in total. The van der Waals surface area contributed by atoms with Crippen molar-refractivity contribution in [1.82, 2.24) is 4.90 Å². The summed E-state index contributed by atoms with van der Waals surface area (Å²) in [6, 6.07) is 8.11. The smallest absolute Gasteiger partial charge is 0.115 e. The second kappa shape index (κ2) is 5.76. The van der Waals surface area contributed by atoms with Crippen LogP contribution in [0.15, 0.2) is 24.3 Å². The summed E-state index contributed by atoms with van der Waals surface area (Å²) in [4.78, 5) is 2.35. The van der Waals surface area contributed by atoms with E-state index in [1.165, 1.54) is 5.56 Å². The molecule has 1 aromatic carbocycles. The van der Waals surface area contributed by atoms with Crippen LogP contribution in [0.3, 0.4) is 0 Å². The van der Waals surface area contributed by atoms with E-state index in [0.717, 1.165) is 19.4 Å². The highest BCUT2D eigenvalue weighted by Gasteiger charge is 2.06. The molecule has 0 aliphatic carbocycles. The van der Waals surface area contributed by atoms with Crippen LogP contribution < -0.4 is 0 Å². The van der Waals surface area contributed by atoms with Crippen LogP contribution in [0.4, 0.5) is 0 Å². The molecule has 0 radical (unpaired) electrons. The first kappa shape index (κ1) is 12.1. The lowest BCUT2D eigenvalue weighted by Gasteiger charge is -2.22. The molecule has 1 atom stereocenters. The van der Waals surface area contributed by atoms with Gasteiger partial charge in [-0.3, -0.25) is 0 Å². The highest BCUT2D eigenvalue weighted by Crippen LogP contribution is 2.13. The Bertz CT molecular complexity index is 281. The third-order valence-corrected chi connectivity index (χ3v) is 3.04. The third-order valence-electron chi connectivity index (χ3n) is 3.04. The molecule has 0 fully saturated rings. The fourth-order valence-corrected chi connectivity index (χ4v) is 1.57. The van der Waals surface area contributed by atoms with Crippen molar-refractivity contribution in [3.05, 3.63) is 29.8 Å². The van der Waals surface area contributed by atoms with Gasteiger partial charge in [0.2, 0.25) is 0 Å². The van der Waals surface area contributed by atoms with Gasteiger partial charge in [-0.1, -0.05) is 19.1 Å². The van der Waals surface area contributed by atoms with E-state index in [9.17, 15) is 0 Å². The molecule has 0 heterocycles. The minimum absolute atomic E-state index is 0.345. The van der Waals surface area contributed by atoms with Gasteiger partial charge in [-0.25, -0.2) is 0 Å². The highest BCUT2D eigenvalue weighted by atomic mass is 16.3. The Hall–Kier alpha value is -1.02. The Kier molecular flexibility index (Phi) is 4.63. The van der Waals surface area contributed by atoms with Crippen LogP contribution in [-0.2, 0) is 6.42 Å². The first-order chi connectivity index (χ1) is 7.13. The van der Waals surface area contributed by atoms with Gasteiger partial charge < -0.3 is 10.0 Å². The molecule has 2 heteroatoms. The summed E-state index contributed by atoms with van der Waals surface area (Å²) in [7, 11) is 2.15. The number of aromatic hydroxyl groups is 1. The molecule has 0 aromatic heterocycles. The van der Waals surface area contributed by atoms with E-state index in [2.05, 4.69) is 25.8 Å². The topological polar surface area (TPSA) is 23.5 Å². The van der Waals surface area contributed by atoms with Gasteiger partial charge in [0.25, 0.3) is 0 Å². The average molecular weight is 207 g/mol. The molecule has 0 amide bonds. The summed E-state index contributed by atoms with van der Waals surface area (Å²) in [5.74, 6) is 0.345. The van der Waals surface area contributed by atoms with Gasteiger partial charge in [0.1, 0.15) is 5.75 Å². The monoisotopic (exact) mass is 207 g/mol. The number of rotatable bonds is 5. The van der Waals surface area contributed by atoms with Crippen molar-refractivity contribution >= 4 is 0 Å². The van der Waals surface area contributed by atoms with Gasteiger partial charge in [0, 0.05) is 6.04 Å². The maximum atomic E-state index is 9.15. The first-order valence-electron chi connectivity index (χ1n) is 5.61. The van der Waals surface area contributed by atoms with Gasteiger partial charge in [-0.05, 0) is 51.1 Å². The van der Waals surface area contributed by atoms with Crippen molar-refractivity contribution in [1.29, 1.82) is 0 Å². The van der Waals surface area contributed by atoms with Crippen LogP contribution in [0.1, 0.15) is 25.8 Å². The molecular weight excluding hydrogens is 186 g/mol. The average Bonchev–Trinajstić information content (AvgIpc) is 2.26. The predicted octanol–water partition coefficient (Wildman–Crippen LogP) is 2.67. The van der Waals surface area contributed by atoms with Crippen molar-refractivity contribution in [2.75, 3.05) is 13.6 Å². The maximum absolute atomic E-state index is 9.15.